The van der Waals surface area contributed by atoms with Gasteiger partial charge >= 0.3 is 0 Å². The van der Waals surface area contributed by atoms with Crippen molar-refractivity contribution in [2.75, 3.05) is 10.6 Å². The Kier molecular flexibility index (Phi) is 4.33. The summed E-state index contributed by atoms with van der Waals surface area (Å²) in [6.07, 6.45) is 6.42. The van der Waals surface area contributed by atoms with Crippen molar-refractivity contribution in [1.82, 2.24) is 24.7 Å². The summed E-state index contributed by atoms with van der Waals surface area (Å²) in [6.45, 7) is 0.162. The second-order valence-corrected chi connectivity index (χ2v) is 5.11. The molecule has 0 unspecified atom stereocenters. The molecule has 0 atom stereocenters. The average molecular weight is 334 g/mol. The summed E-state index contributed by atoms with van der Waals surface area (Å²) in [5, 5.41) is 10.3. The molecule has 118 valence electrons. The fourth-order valence-electron chi connectivity index (χ4n) is 1.88. The normalized spacial score (nSPS) is 10.6. The topological polar surface area (TPSA) is 80.5 Å². The Morgan fingerprint density at radius 2 is 2.17 bits per heavy atom. The molecule has 0 saturated carbocycles. The molecule has 3 heterocycles. The smallest absolute Gasteiger partial charge is 0.229 e. The van der Waals surface area contributed by atoms with Crippen LogP contribution >= 0.6 is 11.6 Å². The molecule has 0 saturated heterocycles. The largest absolute Gasteiger partial charge is 0.363 e. The maximum atomic E-state index is 13.6. The van der Waals surface area contributed by atoms with E-state index < -0.39 is 0 Å². The number of anilines is 3. The van der Waals surface area contributed by atoms with Gasteiger partial charge in [0, 0.05) is 19.4 Å². The molecule has 9 heteroatoms. The van der Waals surface area contributed by atoms with Crippen molar-refractivity contribution in [3.05, 3.63) is 53.5 Å². The van der Waals surface area contributed by atoms with Crippen LogP contribution in [0.15, 0.2) is 36.9 Å². The number of halogens is 2. The van der Waals surface area contributed by atoms with Crippen LogP contribution in [0.4, 0.5) is 21.8 Å². The Morgan fingerprint density at radius 1 is 1.30 bits per heavy atom. The van der Waals surface area contributed by atoms with Crippen molar-refractivity contribution >= 4 is 29.1 Å². The lowest BCUT2D eigenvalue weighted by molar-refractivity contribution is 0.602. The van der Waals surface area contributed by atoms with Crippen LogP contribution in [0.5, 0.6) is 0 Å². The summed E-state index contributed by atoms with van der Waals surface area (Å²) in [4.78, 5) is 12.3. The van der Waals surface area contributed by atoms with Gasteiger partial charge < -0.3 is 10.6 Å². The standard InChI is InChI=1S/C14H13ClFN7/c1-23-8-9(5-20-23)21-14-19-6-10(15)13(22-14)18-7-12-11(16)3-2-4-17-12/h2-6,8H,7H2,1H3,(H2,18,19,21,22). The third kappa shape index (κ3) is 3.72. The third-order valence-corrected chi connectivity index (χ3v) is 3.24. The van der Waals surface area contributed by atoms with E-state index in [4.69, 9.17) is 11.6 Å². The predicted molar refractivity (Wildman–Crippen MR) is 85.1 cm³/mol. The lowest BCUT2D eigenvalue weighted by atomic mass is 10.3. The number of nitrogens with one attached hydrogen (secondary N) is 2. The molecular formula is C14H13ClFN7. The Labute approximate surface area is 136 Å². The summed E-state index contributed by atoms with van der Waals surface area (Å²) < 4.78 is 15.2. The van der Waals surface area contributed by atoms with Crippen LogP contribution in [0, 0.1) is 5.82 Å². The molecule has 2 N–H and O–H groups in total. The fraction of sp³-hybridized carbons (Fsp3) is 0.143. The highest BCUT2D eigenvalue weighted by Crippen LogP contribution is 2.21. The summed E-state index contributed by atoms with van der Waals surface area (Å²) >= 11 is 6.06. The zero-order valence-electron chi connectivity index (χ0n) is 12.2. The molecule has 0 aromatic carbocycles. The second kappa shape index (κ2) is 6.57. The molecule has 3 aromatic rings. The Morgan fingerprint density at radius 3 is 2.91 bits per heavy atom. The van der Waals surface area contributed by atoms with Gasteiger partial charge in [-0.2, -0.15) is 10.1 Å². The maximum Gasteiger partial charge on any atom is 0.229 e. The van der Waals surface area contributed by atoms with E-state index >= 15 is 0 Å². The van der Waals surface area contributed by atoms with E-state index in [0.29, 0.717) is 16.8 Å². The van der Waals surface area contributed by atoms with E-state index in [1.54, 1.807) is 17.1 Å². The Balaban J connectivity index is 1.74. The van der Waals surface area contributed by atoms with Gasteiger partial charge in [0.2, 0.25) is 5.95 Å². The van der Waals surface area contributed by atoms with Crippen LogP contribution in [-0.2, 0) is 13.6 Å². The number of rotatable bonds is 5. The minimum atomic E-state index is -0.390. The van der Waals surface area contributed by atoms with E-state index in [-0.39, 0.29) is 18.1 Å². The van der Waals surface area contributed by atoms with Crippen LogP contribution in [0.2, 0.25) is 5.02 Å². The van der Waals surface area contributed by atoms with Crippen molar-refractivity contribution in [2.24, 2.45) is 7.05 Å². The first-order chi connectivity index (χ1) is 11.1. The molecule has 0 bridgehead atoms. The number of aryl methyl sites for hydroxylation is 1. The molecule has 0 aliphatic rings. The highest BCUT2D eigenvalue weighted by molar-refractivity contribution is 6.32. The minimum absolute atomic E-state index is 0.162. The third-order valence-electron chi connectivity index (χ3n) is 2.96. The summed E-state index contributed by atoms with van der Waals surface area (Å²) in [5.74, 6) is 0.350. The Hall–Kier alpha value is -2.74. The van der Waals surface area contributed by atoms with Crippen molar-refractivity contribution in [3.8, 4) is 0 Å². The summed E-state index contributed by atoms with van der Waals surface area (Å²) in [7, 11) is 1.81. The predicted octanol–water partition coefficient (Wildman–Crippen LogP) is 2.75. The number of hydrogen-bond donors (Lipinski definition) is 2. The van der Waals surface area contributed by atoms with E-state index in [0.717, 1.165) is 5.69 Å². The molecule has 0 amide bonds. The van der Waals surface area contributed by atoms with Gasteiger partial charge in [-0.3, -0.25) is 9.67 Å². The van der Waals surface area contributed by atoms with Gasteiger partial charge in [-0.05, 0) is 12.1 Å². The van der Waals surface area contributed by atoms with E-state index in [1.807, 2.05) is 7.05 Å². The van der Waals surface area contributed by atoms with Crippen molar-refractivity contribution < 1.29 is 4.39 Å². The van der Waals surface area contributed by atoms with Gasteiger partial charge in [-0.1, -0.05) is 11.6 Å². The highest BCUT2D eigenvalue weighted by atomic mass is 35.5. The zero-order chi connectivity index (χ0) is 16.2. The molecule has 0 spiro atoms. The number of nitrogens with zero attached hydrogens (tertiary/aromatic N) is 5. The van der Waals surface area contributed by atoms with E-state index in [1.165, 1.54) is 24.5 Å². The van der Waals surface area contributed by atoms with Gasteiger partial charge in [0.25, 0.3) is 0 Å². The zero-order valence-corrected chi connectivity index (χ0v) is 12.9. The van der Waals surface area contributed by atoms with Crippen LogP contribution in [0.25, 0.3) is 0 Å². The molecule has 23 heavy (non-hydrogen) atoms. The van der Waals surface area contributed by atoms with Gasteiger partial charge in [0.05, 0.1) is 30.3 Å². The highest BCUT2D eigenvalue weighted by Gasteiger charge is 2.08. The molecule has 0 aliphatic carbocycles. The SMILES string of the molecule is Cn1cc(Nc2ncc(Cl)c(NCc3ncccc3F)n2)cn1. The molecule has 7 nitrogen and oxygen atoms in total. The second-order valence-electron chi connectivity index (χ2n) is 4.70. The molecule has 3 rings (SSSR count). The van der Waals surface area contributed by atoms with Crippen molar-refractivity contribution in [3.63, 3.8) is 0 Å². The lowest BCUT2D eigenvalue weighted by Crippen LogP contribution is -2.07. The molecular weight excluding hydrogens is 321 g/mol. The quantitative estimate of drug-likeness (QED) is 0.747. The van der Waals surface area contributed by atoms with Crippen LogP contribution in [-0.4, -0.2) is 24.7 Å². The minimum Gasteiger partial charge on any atom is -0.363 e. The summed E-state index contributed by atoms with van der Waals surface area (Å²) in [5.41, 5.74) is 1.03. The van der Waals surface area contributed by atoms with Crippen molar-refractivity contribution in [2.45, 2.75) is 6.54 Å². The lowest BCUT2D eigenvalue weighted by Gasteiger charge is -2.09. The van der Waals surface area contributed by atoms with Gasteiger partial charge in [-0.15, -0.1) is 0 Å². The average Bonchev–Trinajstić information content (AvgIpc) is 2.94. The van der Waals surface area contributed by atoms with E-state index in [2.05, 4.69) is 30.7 Å². The van der Waals surface area contributed by atoms with Crippen LogP contribution in [0.1, 0.15) is 5.69 Å². The van der Waals surface area contributed by atoms with Crippen LogP contribution < -0.4 is 10.6 Å². The first kappa shape index (κ1) is 15.2. The monoisotopic (exact) mass is 333 g/mol. The summed E-state index contributed by atoms with van der Waals surface area (Å²) in [6, 6.07) is 2.88. The Bertz CT molecular complexity index is 820. The first-order valence-corrected chi connectivity index (χ1v) is 7.11. The number of aromatic nitrogens is 5. The molecule has 3 aromatic heterocycles. The van der Waals surface area contributed by atoms with Gasteiger partial charge in [-0.25, -0.2) is 9.37 Å². The van der Waals surface area contributed by atoms with Crippen LogP contribution in [0.3, 0.4) is 0 Å². The number of pyridine rings is 1. The van der Waals surface area contributed by atoms with Gasteiger partial charge in [0.15, 0.2) is 5.82 Å². The number of hydrogen-bond acceptors (Lipinski definition) is 6. The maximum absolute atomic E-state index is 13.6. The fourth-order valence-corrected chi connectivity index (χ4v) is 2.04. The molecule has 0 radical (unpaired) electrons. The van der Waals surface area contributed by atoms with Crippen molar-refractivity contribution in [1.29, 1.82) is 0 Å². The first-order valence-electron chi connectivity index (χ1n) is 6.73. The van der Waals surface area contributed by atoms with E-state index in [9.17, 15) is 4.39 Å². The molecule has 0 fully saturated rings. The molecule has 0 aliphatic heterocycles. The van der Waals surface area contributed by atoms with Gasteiger partial charge in [0.1, 0.15) is 10.8 Å².